The standard InChI is InChI=1S/C14H14BrNO2/c1-16-8-11(15)9-4-2-5-10(12(9)16)14(13(17)18)6-3-7-14/h2,4-5,8H,3,6-7H2,1H3,(H,17,18). The molecule has 94 valence electrons. The normalized spacial score (nSPS) is 17.7. The number of carboxylic acid groups (broad SMARTS) is 1. The number of hydrogen-bond donors (Lipinski definition) is 1. The topological polar surface area (TPSA) is 42.2 Å². The number of halogens is 1. The molecule has 4 heteroatoms. The van der Waals surface area contributed by atoms with Crippen LogP contribution in [0.4, 0.5) is 0 Å². The third-order valence-corrected chi connectivity index (χ3v) is 4.72. The molecule has 0 aliphatic heterocycles. The number of nitrogens with zero attached hydrogens (tertiary/aromatic N) is 1. The summed E-state index contributed by atoms with van der Waals surface area (Å²) in [6.07, 6.45) is 4.46. The van der Waals surface area contributed by atoms with Crippen LogP contribution in [0.25, 0.3) is 10.9 Å². The molecule has 0 radical (unpaired) electrons. The van der Waals surface area contributed by atoms with Crippen LogP contribution in [0, 0.1) is 0 Å². The number of benzene rings is 1. The van der Waals surface area contributed by atoms with Crippen LogP contribution < -0.4 is 0 Å². The van der Waals surface area contributed by atoms with Gasteiger partial charge in [-0.3, -0.25) is 4.79 Å². The van der Waals surface area contributed by atoms with Crippen molar-refractivity contribution in [1.82, 2.24) is 4.57 Å². The van der Waals surface area contributed by atoms with E-state index in [9.17, 15) is 9.90 Å². The van der Waals surface area contributed by atoms with Gasteiger partial charge in [0.25, 0.3) is 0 Å². The van der Waals surface area contributed by atoms with E-state index in [2.05, 4.69) is 15.9 Å². The van der Waals surface area contributed by atoms with E-state index in [1.165, 1.54) is 0 Å². The predicted molar refractivity (Wildman–Crippen MR) is 73.8 cm³/mol. The maximum absolute atomic E-state index is 11.6. The van der Waals surface area contributed by atoms with Crippen molar-refractivity contribution in [2.45, 2.75) is 24.7 Å². The first-order valence-electron chi connectivity index (χ1n) is 6.04. The molecular weight excluding hydrogens is 294 g/mol. The summed E-state index contributed by atoms with van der Waals surface area (Å²) in [4.78, 5) is 11.6. The smallest absolute Gasteiger partial charge is 0.314 e. The molecule has 0 bridgehead atoms. The Morgan fingerprint density at radius 2 is 2.17 bits per heavy atom. The van der Waals surface area contributed by atoms with Crippen LogP contribution in [-0.2, 0) is 17.3 Å². The van der Waals surface area contributed by atoms with E-state index in [-0.39, 0.29) is 0 Å². The summed E-state index contributed by atoms with van der Waals surface area (Å²) in [5.41, 5.74) is 1.31. The lowest BCUT2D eigenvalue weighted by atomic mass is 9.64. The van der Waals surface area contributed by atoms with Crippen molar-refractivity contribution in [2.75, 3.05) is 0 Å². The lowest BCUT2D eigenvalue weighted by Gasteiger charge is -2.38. The molecule has 0 saturated heterocycles. The van der Waals surface area contributed by atoms with Crippen LogP contribution in [0.1, 0.15) is 24.8 Å². The summed E-state index contributed by atoms with van der Waals surface area (Å²) >= 11 is 3.53. The van der Waals surface area contributed by atoms with Crippen molar-refractivity contribution in [1.29, 1.82) is 0 Å². The summed E-state index contributed by atoms with van der Waals surface area (Å²) < 4.78 is 3.03. The van der Waals surface area contributed by atoms with Crippen LogP contribution in [-0.4, -0.2) is 15.6 Å². The zero-order valence-corrected chi connectivity index (χ0v) is 11.7. The van der Waals surface area contributed by atoms with Gasteiger partial charge in [0, 0.05) is 23.1 Å². The summed E-state index contributed by atoms with van der Waals surface area (Å²) in [6.45, 7) is 0. The zero-order chi connectivity index (χ0) is 12.9. The minimum atomic E-state index is -0.696. The Labute approximate surface area is 114 Å². The second-order valence-corrected chi connectivity index (χ2v) is 5.88. The highest BCUT2D eigenvalue weighted by molar-refractivity contribution is 9.10. The average molecular weight is 308 g/mol. The molecule has 0 atom stereocenters. The van der Waals surface area contributed by atoms with Gasteiger partial charge in [0.2, 0.25) is 0 Å². The molecule has 3 nitrogen and oxygen atoms in total. The molecule has 1 aliphatic rings. The fraction of sp³-hybridized carbons (Fsp3) is 0.357. The molecule has 2 aromatic rings. The van der Waals surface area contributed by atoms with Gasteiger partial charge in [-0.15, -0.1) is 0 Å². The van der Waals surface area contributed by atoms with Gasteiger partial charge in [-0.1, -0.05) is 24.6 Å². The Kier molecular flexibility index (Phi) is 2.52. The van der Waals surface area contributed by atoms with Crippen molar-refractivity contribution in [3.8, 4) is 0 Å². The van der Waals surface area contributed by atoms with E-state index in [4.69, 9.17) is 0 Å². The molecule has 18 heavy (non-hydrogen) atoms. The number of fused-ring (bicyclic) bond motifs is 1. The Morgan fingerprint density at radius 3 is 2.72 bits per heavy atom. The summed E-state index contributed by atoms with van der Waals surface area (Å²) in [5.74, 6) is -0.696. The molecule has 0 amide bonds. The number of carbonyl (C=O) groups is 1. The maximum Gasteiger partial charge on any atom is 0.314 e. The van der Waals surface area contributed by atoms with Gasteiger partial charge in [0.05, 0.1) is 10.9 Å². The number of aliphatic carboxylic acids is 1. The van der Waals surface area contributed by atoms with E-state index in [0.717, 1.165) is 40.2 Å². The number of aryl methyl sites for hydroxylation is 1. The minimum Gasteiger partial charge on any atom is -0.481 e. The van der Waals surface area contributed by atoms with Crippen LogP contribution in [0.15, 0.2) is 28.9 Å². The van der Waals surface area contributed by atoms with Gasteiger partial charge in [-0.25, -0.2) is 0 Å². The van der Waals surface area contributed by atoms with E-state index in [1.807, 2.05) is 36.0 Å². The van der Waals surface area contributed by atoms with E-state index < -0.39 is 11.4 Å². The fourth-order valence-electron chi connectivity index (χ4n) is 2.94. The maximum atomic E-state index is 11.6. The fourth-order valence-corrected chi connectivity index (χ4v) is 3.56. The monoisotopic (exact) mass is 307 g/mol. The molecule has 0 unspecified atom stereocenters. The largest absolute Gasteiger partial charge is 0.481 e. The molecule has 1 aromatic carbocycles. The van der Waals surface area contributed by atoms with Gasteiger partial charge in [-0.2, -0.15) is 0 Å². The highest BCUT2D eigenvalue weighted by atomic mass is 79.9. The number of para-hydroxylation sites is 1. The van der Waals surface area contributed by atoms with Gasteiger partial charge in [0.1, 0.15) is 0 Å². The second kappa shape index (κ2) is 3.85. The highest BCUT2D eigenvalue weighted by Gasteiger charge is 2.47. The van der Waals surface area contributed by atoms with Gasteiger partial charge >= 0.3 is 5.97 Å². The second-order valence-electron chi connectivity index (χ2n) is 5.03. The van der Waals surface area contributed by atoms with Crippen LogP contribution >= 0.6 is 15.9 Å². The summed E-state index contributed by atoms with van der Waals surface area (Å²) in [5, 5.41) is 10.7. The van der Waals surface area contributed by atoms with Gasteiger partial charge in [0.15, 0.2) is 0 Å². The molecule has 1 heterocycles. The van der Waals surface area contributed by atoms with Crippen molar-refractivity contribution >= 4 is 32.8 Å². The first kappa shape index (κ1) is 11.8. The lowest BCUT2D eigenvalue weighted by Crippen LogP contribution is -2.42. The molecule has 3 rings (SSSR count). The first-order chi connectivity index (χ1) is 8.56. The molecule has 1 fully saturated rings. The van der Waals surface area contributed by atoms with E-state index in [0.29, 0.717) is 0 Å². The van der Waals surface area contributed by atoms with Crippen LogP contribution in [0.5, 0.6) is 0 Å². The summed E-state index contributed by atoms with van der Waals surface area (Å²) in [6, 6.07) is 5.94. The minimum absolute atomic E-state index is 0.676. The Balaban J connectivity index is 2.33. The highest BCUT2D eigenvalue weighted by Crippen LogP contribution is 2.47. The van der Waals surface area contributed by atoms with Crippen molar-refractivity contribution < 1.29 is 9.90 Å². The molecule has 0 spiro atoms. The third kappa shape index (κ3) is 1.38. The SMILES string of the molecule is Cn1cc(Br)c2cccc(C3(C(=O)O)CCC3)c21. The van der Waals surface area contributed by atoms with Crippen LogP contribution in [0.3, 0.4) is 0 Å². The average Bonchev–Trinajstić information content (AvgIpc) is 2.53. The Hall–Kier alpha value is -1.29. The predicted octanol–water partition coefficient (Wildman–Crippen LogP) is 3.45. The van der Waals surface area contributed by atoms with Crippen molar-refractivity contribution in [3.63, 3.8) is 0 Å². The molecule has 1 N–H and O–H groups in total. The van der Waals surface area contributed by atoms with Crippen LogP contribution in [0.2, 0.25) is 0 Å². The number of aromatic nitrogens is 1. The third-order valence-electron chi connectivity index (χ3n) is 4.09. The van der Waals surface area contributed by atoms with Crippen molar-refractivity contribution in [2.24, 2.45) is 7.05 Å². The van der Waals surface area contributed by atoms with E-state index in [1.54, 1.807) is 0 Å². The van der Waals surface area contributed by atoms with Gasteiger partial charge in [-0.05, 0) is 34.3 Å². The Bertz CT molecular complexity index is 641. The molecule has 1 aliphatic carbocycles. The number of carboxylic acids is 1. The molecule has 1 saturated carbocycles. The number of rotatable bonds is 2. The lowest BCUT2D eigenvalue weighted by molar-refractivity contribution is -0.147. The molecular formula is C14H14BrNO2. The Morgan fingerprint density at radius 1 is 1.44 bits per heavy atom. The van der Waals surface area contributed by atoms with Crippen molar-refractivity contribution in [3.05, 3.63) is 34.4 Å². The quantitative estimate of drug-likeness (QED) is 0.923. The first-order valence-corrected chi connectivity index (χ1v) is 6.83. The zero-order valence-electron chi connectivity index (χ0n) is 10.1. The van der Waals surface area contributed by atoms with Gasteiger partial charge < -0.3 is 9.67 Å². The number of hydrogen-bond acceptors (Lipinski definition) is 1. The van der Waals surface area contributed by atoms with E-state index >= 15 is 0 Å². The molecule has 1 aromatic heterocycles. The summed E-state index contributed by atoms with van der Waals surface area (Å²) in [7, 11) is 1.96.